The van der Waals surface area contributed by atoms with E-state index in [0.29, 0.717) is 0 Å². The van der Waals surface area contributed by atoms with Crippen LogP contribution in [-0.2, 0) is 26.2 Å². The van der Waals surface area contributed by atoms with E-state index in [1.807, 2.05) is 0 Å². The third-order valence-electron chi connectivity index (χ3n) is 0.682. The summed E-state index contributed by atoms with van der Waals surface area (Å²) in [6.07, 6.45) is 0. The molecule has 13 heavy (non-hydrogen) atoms. The molecule has 0 saturated heterocycles. The summed E-state index contributed by atoms with van der Waals surface area (Å²) in [5, 5.41) is 16.1. The first-order valence-corrected chi connectivity index (χ1v) is 5.85. The molecule has 0 rings (SSSR count). The first-order valence-electron chi connectivity index (χ1n) is 3.06. The summed E-state index contributed by atoms with van der Waals surface area (Å²) >= 11 is 0. The van der Waals surface area contributed by atoms with Crippen LogP contribution in [0, 0.1) is 0 Å². The van der Waals surface area contributed by atoms with Crippen molar-refractivity contribution in [2.75, 3.05) is 0 Å². The zero-order chi connectivity index (χ0) is 10.3. The summed E-state index contributed by atoms with van der Waals surface area (Å²) in [5.74, 6) is -2.31. The molecule has 0 spiro atoms. The van der Waals surface area contributed by atoms with Crippen molar-refractivity contribution >= 4 is 16.1 Å². The van der Waals surface area contributed by atoms with E-state index in [4.69, 9.17) is 10.2 Å². The summed E-state index contributed by atoms with van der Waals surface area (Å²) in [6.45, 7) is 2.43. The van der Waals surface area contributed by atoms with Gasteiger partial charge in [-0.3, -0.25) is 0 Å². The number of rotatable bonds is 2. The molecule has 2 N–H and O–H groups in total. The zero-order valence-corrected chi connectivity index (χ0v) is 9.93. The van der Waals surface area contributed by atoms with Gasteiger partial charge >= 0.3 is 17.1 Å². The van der Waals surface area contributed by atoms with Crippen molar-refractivity contribution in [3.05, 3.63) is 0 Å². The third-order valence-corrected chi connectivity index (χ3v) is 2.05. The molecule has 0 aromatic rings. The topological polar surface area (TPSA) is 121 Å². The molecule has 0 heterocycles. The molecule has 6 nitrogen and oxygen atoms in total. The van der Waals surface area contributed by atoms with Gasteiger partial charge in [0.25, 0.3) is 0 Å². The Morgan fingerprint density at radius 1 is 1.00 bits per heavy atom. The van der Waals surface area contributed by atoms with Gasteiger partial charge in [-0.05, 0) is 13.8 Å². The molecular weight excluding hydrogens is 270 g/mol. The van der Waals surface area contributed by atoms with E-state index >= 15 is 0 Å². The molecule has 85 valence electrons. The van der Waals surface area contributed by atoms with Gasteiger partial charge in [-0.1, -0.05) is 0 Å². The second-order valence-corrected chi connectivity index (χ2v) is 4.94. The Bertz CT molecular complexity index is 143. The molecule has 0 saturated carbocycles. The first kappa shape index (κ1) is 19.4. The van der Waals surface area contributed by atoms with E-state index in [1.54, 1.807) is 0 Å². The Morgan fingerprint density at radius 2 is 1.08 bits per heavy atom. The molecule has 0 fully saturated rings. The maximum atomic E-state index is 9.52. The van der Waals surface area contributed by atoms with Crippen molar-refractivity contribution in [1.82, 2.24) is 0 Å². The van der Waals surface area contributed by atoms with Crippen LogP contribution in [0.1, 0.15) is 13.8 Å². The van der Waals surface area contributed by atoms with Gasteiger partial charge in [0.2, 0.25) is 0 Å². The molecule has 4 atom stereocenters. The molecule has 9 heteroatoms. The summed E-state index contributed by atoms with van der Waals surface area (Å²) in [5.41, 5.74) is 0. The molecule has 0 aliphatic heterocycles. The number of hydrogen-bond acceptors (Lipinski definition) is 6. The van der Waals surface area contributed by atoms with Crippen molar-refractivity contribution in [2.24, 2.45) is 0 Å². The second-order valence-electron chi connectivity index (χ2n) is 1.99. The quantitative estimate of drug-likeness (QED) is 0.460. The van der Waals surface area contributed by atoms with Gasteiger partial charge in [0.1, 0.15) is 0 Å². The molecule has 0 bridgehead atoms. The van der Waals surface area contributed by atoms with Gasteiger partial charge in [0, 0.05) is 16.1 Å². The van der Waals surface area contributed by atoms with Crippen LogP contribution in [0.15, 0.2) is 0 Å². The largest absolute Gasteiger partial charge is 2.00 e. The Labute approximate surface area is 88.2 Å². The minimum absolute atomic E-state index is 0. The van der Waals surface area contributed by atoms with Crippen LogP contribution in [0.2, 0.25) is 0 Å². The Hall–Kier alpha value is 0.819. The Balaban J connectivity index is -0.000000143. The average Bonchev–Trinajstić information content (AvgIpc) is 1.88. The predicted molar refractivity (Wildman–Crippen MR) is 41.4 cm³/mol. The van der Waals surface area contributed by atoms with Gasteiger partial charge in [-0.2, -0.15) is 0 Å². The van der Waals surface area contributed by atoms with Gasteiger partial charge in [-0.25, -0.2) is 0 Å². The van der Waals surface area contributed by atoms with Crippen molar-refractivity contribution < 1.29 is 46.2 Å². The Kier molecular flexibility index (Phi) is 16.3. The van der Waals surface area contributed by atoms with Crippen molar-refractivity contribution in [1.29, 1.82) is 0 Å². The summed E-state index contributed by atoms with van der Waals surface area (Å²) in [6, 6.07) is 0. The van der Waals surface area contributed by atoms with Crippen LogP contribution in [0.5, 0.6) is 0 Å². The molecule has 0 aromatic heterocycles. The first-order chi connectivity index (χ1) is 5.29. The van der Waals surface area contributed by atoms with Crippen molar-refractivity contribution in [2.45, 2.75) is 25.5 Å². The molecule has 0 aliphatic carbocycles. The molecule has 0 amide bonds. The minimum Gasteiger partial charge on any atom is -0.800 e. The molecular formula is C4H12CuO6P2. The molecule has 0 aliphatic rings. The van der Waals surface area contributed by atoms with Crippen LogP contribution in [-0.4, -0.2) is 21.9 Å². The molecule has 0 aromatic carbocycles. The van der Waals surface area contributed by atoms with Crippen LogP contribution in [0.3, 0.4) is 0 Å². The van der Waals surface area contributed by atoms with Crippen LogP contribution < -0.4 is 9.79 Å². The van der Waals surface area contributed by atoms with Gasteiger partial charge in [0.15, 0.2) is 0 Å². The number of hydrogen-bond donors (Lipinski definition) is 2. The zero-order valence-electron chi connectivity index (χ0n) is 6.98. The van der Waals surface area contributed by atoms with Gasteiger partial charge in [-0.15, -0.1) is 0 Å². The van der Waals surface area contributed by atoms with Crippen LogP contribution in [0.25, 0.3) is 0 Å². The van der Waals surface area contributed by atoms with E-state index in [0.717, 1.165) is 0 Å². The Morgan fingerprint density at radius 3 is 1.08 bits per heavy atom. The summed E-state index contributed by atoms with van der Waals surface area (Å²) < 4.78 is 19.0. The normalized spacial score (nSPS) is 18.3. The van der Waals surface area contributed by atoms with Crippen LogP contribution in [0.4, 0.5) is 0 Å². The smallest absolute Gasteiger partial charge is 0.800 e. The third kappa shape index (κ3) is 19.3. The van der Waals surface area contributed by atoms with Crippen molar-refractivity contribution in [3.63, 3.8) is 0 Å². The maximum Gasteiger partial charge on any atom is 2.00 e. The summed E-state index contributed by atoms with van der Waals surface area (Å²) in [7, 11) is -5.79. The number of aliphatic hydroxyl groups excluding tert-OH is 2. The van der Waals surface area contributed by atoms with E-state index in [1.165, 1.54) is 13.8 Å². The van der Waals surface area contributed by atoms with Crippen molar-refractivity contribution in [3.8, 4) is 0 Å². The van der Waals surface area contributed by atoms with Gasteiger partial charge in [0.05, 0.1) is 11.7 Å². The average molecular weight is 282 g/mol. The standard InChI is InChI=1S/2C2H7O3P.Cu/c2*1-2(3)6(4)5;/h2*2-3,6H,1H3,(H,4,5);/q;;+2/p-2. The fourth-order valence-electron chi connectivity index (χ4n) is 0. The van der Waals surface area contributed by atoms with Crippen LogP contribution >= 0.6 is 16.1 Å². The monoisotopic (exact) mass is 281 g/mol. The fourth-order valence-corrected chi connectivity index (χ4v) is 0. The molecule has 4 unspecified atom stereocenters. The van der Waals surface area contributed by atoms with E-state index in [2.05, 4.69) is 0 Å². The van der Waals surface area contributed by atoms with Gasteiger partial charge < -0.3 is 29.1 Å². The van der Waals surface area contributed by atoms with E-state index < -0.39 is 27.7 Å². The number of aliphatic hydroxyl groups is 2. The predicted octanol–water partition coefficient (Wildman–Crippen LogP) is -1.68. The summed E-state index contributed by atoms with van der Waals surface area (Å²) in [4.78, 5) is 19.0. The SMILES string of the molecule is CC(O)[PH](=O)[O-].CC(O)[PH](=O)[O-].[Cu+2]. The maximum absolute atomic E-state index is 9.52. The second kappa shape index (κ2) is 10.9. The fraction of sp³-hybridized carbons (Fsp3) is 1.00. The van der Waals surface area contributed by atoms with E-state index in [-0.39, 0.29) is 17.1 Å². The molecule has 1 radical (unpaired) electrons. The minimum atomic E-state index is -2.90. The van der Waals surface area contributed by atoms with E-state index in [9.17, 15) is 18.9 Å².